The van der Waals surface area contributed by atoms with Crippen LogP contribution in [0.1, 0.15) is 30.0 Å². The summed E-state index contributed by atoms with van der Waals surface area (Å²) in [6.07, 6.45) is 8.06. The second-order valence-electron chi connectivity index (χ2n) is 5.38. The smallest absolute Gasteiger partial charge is 0.125 e. The van der Waals surface area contributed by atoms with Crippen LogP contribution in [0.3, 0.4) is 0 Å². The standard InChI is InChI=1S/C15H21N5/c1-16-15-7-12(4-5-18-15)13-3-2-6-20(9-13)10-14-8-17-11-19-14/h4-5,7-8,11,13H,2-3,6,9-10H2,1H3,(H,16,18)(H,17,19)/t13-/m1/s1. The van der Waals surface area contributed by atoms with E-state index in [1.165, 1.54) is 30.6 Å². The van der Waals surface area contributed by atoms with Gasteiger partial charge >= 0.3 is 0 Å². The van der Waals surface area contributed by atoms with Gasteiger partial charge in [-0.2, -0.15) is 0 Å². The molecule has 2 aromatic heterocycles. The number of nitrogens with one attached hydrogen (secondary N) is 2. The zero-order valence-electron chi connectivity index (χ0n) is 11.8. The van der Waals surface area contributed by atoms with Crippen molar-refractivity contribution >= 4 is 5.82 Å². The molecule has 1 saturated heterocycles. The number of H-pyrrole nitrogens is 1. The van der Waals surface area contributed by atoms with Crippen LogP contribution >= 0.6 is 0 Å². The van der Waals surface area contributed by atoms with E-state index >= 15 is 0 Å². The topological polar surface area (TPSA) is 56.8 Å². The van der Waals surface area contributed by atoms with Crippen molar-refractivity contribution in [1.82, 2.24) is 19.9 Å². The number of hydrogen-bond acceptors (Lipinski definition) is 4. The van der Waals surface area contributed by atoms with Crippen LogP contribution in [0.4, 0.5) is 5.82 Å². The maximum Gasteiger partial charge on any atom is 0.125 e. The molecule has 0 radical (unpaired) electrons. The highest BCUT2D eigenvalue weighted by molar-refractivity contribution is 5.38. The molecule has 1 aliphatic heterocycles. The van der Waals surface area contributed by atoms with E-state index in [1.807, 2.05) is 19.4 Å². The first-order valence-corrected chi connectivity index (χ1v) is 7.18. The monoisotopic (exact) mass is 271 g/mol. The largest absolute Gasteiger partial charge is 0.373 e. The number of aromatic nitrogens is 3. The van der Waals surface area contributed by atoms with Crippen LogP contribution < -0.4 is 5.32 Å². The lowest BCUT2D eigenvalue weighted by Crippen LogP contribution is -2.34. The average Bonchev–Trinajstić information content (AvgIpc) is 3.00. The van der Waals surface area contributed by atoms with E-state index in [-0.39, 0.29) is 0 Å². The molecular weight excluding hydrogens is 250 g/mol. The Labute approximate surface area is 119 Å². The van der Waals surface area contributed by atoms with Crippen molar-refractivity contribution in [2.24, 2.45) is 0 Å². The normalized spacial score (nSPS) is 19.9. The maximum atomic E-state index is 4.29. The molecule has 0 amide bonds. The van der Waals surface area contributed by atoms with Gasteiger partial charge in [0.05, 0.1) is 6.33 Å². The average molecular weight is 271 g/mol. The zero-order valence-corrected chi connectivity index (χ0v) is 11.8. The van der Waals surface area contributed by atoms with Gasteiger partial charge in [0.15, 0.2) is 0 Å². The van der Waals surface area contributed by atoms with E-state index in [1.54, 1.807) is 6.33 Å². The number of anilines is 1. The molecular formula is C15H21N5. The lowest BCUT2D eigenvalue weighted by Gasteiger charge is -2.32. The van der Waals surface area contributed by atoms with Gasteiger partial charge in [-0.15, -0.1) is 0 Å². The van der Waals surface area contributed by atoms with Crippen molar-refractivity contribution < 1.29 is 0 Å². The highest BCUT2D eigenvalue weighted by atomic mass is 15.1. The lowest BCUT2D eigenvalue weighted by atomic mass is 9.91. The second-order valence-corrected chi connectivity index (χ2v) is 5.38. The third-order valence-corrected chi connectivity index (χ3v) is 3.97. The number of nitrogens with zero attached hydrogens (tertiary/aromatic N) is 3. The number of likely N-dealkylation sites (tertiary alicyclic amines) is 1. The molecule has 20 heavy (non-hydrogen) atoms. The summed E-state index contributed by atoms with van der Waals surface area (Å²) in [5.74, 6) is 1.55. The maximum absolute atomic E-state index is 4.29. The Morgan fingerprint density at radius 2 is 2.45 bits per heavy atom. The minimum Gasteiger partial charge on any atom is -0.373 e. The molecule has 3 rings (SSSR count). The summed E-state index contributed by atoms with van der Waals surface area (Å²) in [5.41, 5.74) is 2.58. The summed E-state index contributed by atoms with van der Waals surface area (Å²) in [5, 5.41) is 3.12. The minimum absolute atomic E-state index is 0.599. The third-order valence-electron chi connectivity index (χ3n) is 3.97. The summed E-state index contributed by atoms with van der Waals surface area (Å²) < 4.78 is 0. The third kappa shape index (κ3) is 2.99. The summed E-state index contributed by atoms with van der Waals surface area (Å²) in [6, 6.07) is 4.32. The molecule has 5 nitrogen and oxygen atoms in total. The molecule has 5 heteroatoms. The van der Waals surface area contributed by atoms with Crippen molar-refractivity contribution in [2.75, 3.05) is 25.5 Å². The molecule has 0 aromatic carbocycles. The Kier molecular flexibility index (Phi) is 3.97. The van der Waals surface area contributed by atoms with Gasteiger partial charge in [-0.1, -0.05) is 0 Å². The van der Waals surface area contributed by atoms with Crippen LogP contribution in [0.5, 0.6) is 0 Å². The molecule has 0 unspecified atom stereocenters. The van der Waals surface area contributed by atoms with Crippen LogP contribution in [0.25, 0.3) is 0 Å². The van der Waals surface area contributed by atoms with E-state index < -0.39 is 0 Å². The van der Waals surface area contributed by atoms with E-state index in [0.717, 1.165) is 18.9 Å². The molecule has 0 saturated carbocycles. The van der Waals surface area contributed by atoms with Crippen molar-refractivity contribution in [1.29, 1.82) is 0 Å². The SMILES string of the molecule is CNc1cc([C@@H]2CCCN(Cc3cnc[nH]3)C2)ccn1. The van der Waals surface area contributed by atoms with Gasteiger partial charge in [-0.25, -0.2) is 9.97 Å². The van der Waals surface area contributed by atoms with Crippen molar-refractivity contribution in [2.45, 2.75) is 25.3 Å². The predicted octanol–water partition coefficient (Wildman–Crippen LogP) is 2.23. The summed E-state index contributed by atoms with van der Waals surface area (Å²) >= 11 is 0. The van der Waals surface area contributed by atoms with Gasteiger partial charge in [-0.05, 0) is 43.0 Å². The number of pyridine rings is 1. The second kappa shape index (κ2) is 6.05. The molecule has 1 atom stereocenters. The Balaban J connectivity index is 1.68. The van der Waals surface area contributed by atoms with E-state index in [0.29, 0.717) is 5.92 Å². The van der Waals surface area contributed by atoms with E-state index in [4.69, 9.17) is 0 Å². The molecule has 0 spiro atoms. The molecule has 0 bridgehead atoms. The van der Waals surface area contributed by atoms with Gasteiger partial charge in [0.25, 0.3) is 0 Å². The molecule has 0 aliphatic carbocycles. The first kappa shape index (κ1) is 13.1. The van der Waals surface area contributed by atoms with Gasteiger partial charge in [-0.3, -0.25) is 4.90 Å². The van der Waals surface area contributed by atoms with Crippen LogP contribution in [-0.2, 0) is 6.54 Å². The predicted molar refractivity (Wildman–Crippen MR) is 79.6 cm³/mol. The number of piperidine rings is 1. The first-order valence-electron chi connectivity index (χ1n) is 7.18. The van der Waals surface area contributed by atoms with Crippen LogP contribution in [0.2, 0.25) is 0 Å². The van der Waals surface area contributed by atoms with Gasteiger partial charge in [0.2, 0.25) is 0 Å². The number of rotatable bonds is 4. The fraction of sp³-hybridized carbons (Fsp3) is 0.467. The Morgan fingerprint density at radius 1 is 1.50 bits per heavy atom. The van der Waals surface area contributed by atoms with E-state index in [2.05, 4.69) is 37.3 Å². The summed E-state index contributed by atoms with van der Waals surface area (Å²) in [4.78, 5) is 14.1. The Bertz CT molecular complexity index is 537. The van der Waals surface area contributed by atoms with Gasteiger partial charge in [0, 0.05) is 38.2 Å². The highest BCUT2D eigenvalue weighted by Crippen LogP contribution is 2.28. The molecule has 1 fully saturated rings. The molecule has 106 valence electrons. The Morgan fingerprint density at radius 3 is 3.25 bits per heavy atom. The quantitative estimate of drug-likeness (QED) is 0.895. The van der Waals surface area contributed by atoms with Crippen molar-refractivity contribution in [3.63, 3.8) is 0 Å². The fourth-order valence-electron chi connectivity index (χ4n) is 2.92. The van der Waals surface area contributed by atoms with E-state index in [9.17, 15) is 0 Å². The van der Waals surface area contributed by atoms with Crippen LogP contribution in [-0.4, -0.2) is 40.0 Å². The zero-order chi connectivity index (χ0) is 13.8. The summed E-state index contributed by atoms with van der Waals surface area (Å²) in [7, 11) is 1.91. The van der Waals surface area contributed by atoms with Crippen LogP contribution in [0, 0.1) is 0 Å². The van der Waals surface area contributed by atoms with Gasteiger partial charge in [0.1, 0.15) is 5.82 Å². The van der Waals surface area contributed by atoms with Gasteiger partial charge < -0.3 is 10.3 Å². The first-order chi connectivity index (χ1) is 9.85. The minimum atomic E-state index is 0.599. The van der Waals surface area contributed by atoms with Crippen molar-refractivity contribution in [3.8, 4) is 0 Å². The molecule has 3 heterocycles. The van der Waals surface area contributed by atoms with Crippen molar-refractivity contribution in [3.05, 3.63) is 42.1 Å². The number of imidazole rings is 1. The molecule has 2 N–H and O–H groups in total. The molecule has 1 aliphatic rings. The van der Waals surface area contributed by atoms with Crippen LogP contribution in [0.15, 0.2) is 30.9 Å². The number of hydrogen-bond donors (Lipinski definition) is 2. The lowest BCUT2D eigenvalue weighted by molar-refractivity contribution is 0.198. The fourth-order valence-corrected chi connectivity index (χ4v) is 2.92. The summed E-state index contributed by atoms with van der Waals surface area (Å²) in [6.45, 7) is 3.23. The Hall–Kier alpha value is -1.88. The molecule has 2 aromatic rings. The highest BCUT2D eigenvalue weighted by Gasteiger charge is 2.21. The number of aromatic amines is 1.